The lowest BCUT2D eigenvalue weighted by atomic mass is 10.1. The highest BCUT2D eigenvalue weighted by Gasteiger charge is 2.32. The Labute approximate surface area is 105 Å². The Morgan fingerprint density at radius 3 is 2.33 bits per heavy atom. The van der Waals surface area contributed by atoms with Crippen LogP contribution < -0.4 is 0 Å². The van der Waals surface area contributed by atoms with Crippen LogP contribution >= 0.6 is 0 Å². The van der Waals surface area contributed by atoms with E-state index in [1.165, 1.54) is 18.6 Å². The van der Waals surface area contributed by atoms with E-state index >= 15 is 0 Å². The average molecular weight is 255 g/mol. The SMILES string of the molecule is FC(F)(F)c1ccccc1/C=C/N1CCCCC1. The number of halogens is 3. The Hall–Kier alpha value is -1.45. The molecule has 0 bridgehead atoms. The maximum Gasteiger partial charge on any atom is 0.416 e. The third kappa shape index (κ3) is 3.28. The second-order valence-electron chi connectivity index (χ2n) is 4.50. The van der Waals surface area contributed by atoms with E-state index in [1.807, 2.05) is 0 Å². The molecule has 0 radical (unpaired) electrons. The molecule has 1 aliphatic rings. The molecule has 2 rings (SSSR count). The summed E-state index contributed by atoms with van der Waals surface area (Å²) in [6.45, 7) is 1.87. The largest absolute Gasteiger partial charge is 0.416 e. The lowest BCUT2D eigenvalue weighted by Gasteiger charge is -2.24. The molecule has 1 fully saturated rings. The van der Waals surface area contributed by atoms with Crippen molar-refractivity contribution in [2.24, 2.45) is 0 Å². The van der Waals surface area contributed by atoms with Gasteiger partial charge in [-0.15, -0.1) is 0 Å². The quantitative estimate of drug-likeness (QED) is 0.767. The predicted octanol–water partition coefficient (Wildman–Crippen LogP) is 4.16. The van der Waals surface area contributed by atoms with E-state index in [4.69, 9.17) is 0 Å². The van der Waals surface area contributed by atoms with Crippen molar-refractivity contribution < 1.29 is 13.2 Å². The van der Waals surface area contributed by atoms with E-state index in [1.54, 1.807) is 18.3 Å². The van der Waals surface area contributed by atoms with Gasteiger partial charge in [-0.1, -0.05) is 18.2 Å². The standard InChI is InChI=1S/C14H16F3N/c15-14(16,17)13-7-3-2-6-12(13)8-11-18-9-4-1-5-10-18/h2-3,6-8,11H,1,4-5,9-10H2/b11-8+. The molecule has 1 saturated heterocycles. The molecular weight excluding hydrogens is 239 g/mol. The summed E-state index contributed by atoms with van der Waals surface area (Å²) >= 11 is 0. The maximum absolute atomic E-state index is 12.8. The molecule has 4 heteroatoms. The normalized spacial score (nSPS) is 17.4. The molecule has 0 aliphatic carbocycles. The molecule has 1 heterocycles. The Kier molecular flexibility index (Phi) is 3.94. The van der Waals surface area contributed by atoms with E-state index in [0.717, 1.165) is 32.0 Å². The molecule has 0 saturated carbocycles. The fraction of sp³-hybridized carbons (Fsp3) is 0.429. The number of benzene rings is 1. The van der Waals surface area contributed by atoms with Crippen molar-refractivity contribution in [3.8, 4) is 0 Å². The van der Waals surface area contributed by atoms with Crippen LogP contribution in [0.5, 0.6) is 0 Å². The molecule has 1 aromatic carbocycles. The van der Waals surface area contributed by atoms with E-state index in [2.05, 4.69) is 4.90 Å². The molecule has 0 spiro atoms. The number of hydrogen-bond acceptors (Lipinski definition) is 1. The van der Waals surface area contributed by atoms with Gasteiger partial charge in [0.05, 0.1) is 5.56 Å². The topological polar surface area (TPSA) is 3.24 Å². The van der Waals surface area contributed by atoms with Gasteiger partial charge in [0.25, 0.3) is 0 Å². The van der Waals surface area contributed by atoms with Crippen LogP contribution in [-0.2, 0) is 6.18 Å². The van der Waals surface area contributed by atoms with E-state index in [-0.39, 0.29) is 5.56 Å². The third-order valence-electron chi connectivity index (χ3n) is 3.12. The van der Waals surface area contributed by atoms with Crippen LogP contribution in [0.25, 0.3) is 6.08 Å². The highest BCUT2D eigenvalue weighted by atomic mass is 19.4. The van der Waals surface area contributed by atoms with Gasteiger partial charge in [-0.2, -0.15) is 13.2 Å². The van der Waals surface area contributed by atoms with Crippen LogP contribution in [-0.4, -0.2) is 18.0 Å². The monoisotopic (exact) mass is 255 g/mol. The average Bonchev–Trinajstić information content (AvgIpc) is 2.37. The van der Waals surface area contributed by atoms with Crippen molar-refractivity contribution in [2.45, 2.75) is 25.4 Å². The Morgan fingerprint density at radius 1 is 1.00 bits per heavy atom. The minimum atomic E-state index is -4.29. The summed E-state index contributed by atoms with van der Waals surface area (Å²) in [5.74, 6) is 0. The minimum Gasteiger partial charge on any atom is -0.377 e. The second-order valence-corrected chi connectivity index (χ2v) is 4.50. The van der Waals surface area contributed by atoms with E-state index < -0.39 is 11.7 Å². The third-order valence-corrected chi connectivity index (χ3v) is 3.12. The molecule has 98 valence electrons. The summed E-state index contributed by atoms with van der Waals surface area (Å²) in [6.07, 6.45) is 2.50. The molecular formula is C14H16F3N. The van der Waals surface area contributed by atoms with Crippen LogP contribution in [0.2, 0.25) is 0 Å². The molecule has 0 N–H and O–H groups in total. The summed E-state index contributed by atoms with van der Waals surface area (Å²) < 4.78 is 38.3. The highest BCUT2D eigenvalue weighted by molar-refractivity contribution is 5.54. The van der Waals surface area contributed by atoms with Crippen molar-refractivity contribution in [2.75, 3.05) is 13.1 Å². The molecule has 0 unspecified atom stereocenters. The lowest BCUT2D eigenvalue weighted by Crippen LogP contribution is -2.24. The summed E-state index contributed by atoms with van der Waals surface area (Å²) in [7, 11) is 0. The minimum absolute atomic E-state index is 0.232. The highest BCUT2D eigenvalue weighted by Crippen LogP contribution is 2.32. The Morgan fingerprint density at radius 2 is 1.67 bits per heavy atom. The van der Waals surface area contributed by atoms with Crippen molar-refractivity contribution in [1.29, 1.82) is 0 Å². The zero-order valence-corrected chi connectivity index (χ0v) is 10.1. The molecule has 1 nitrogen and oxygen atoms in total. The van der Waals surface area contributed by atoms with E-state index in [0.29, 0.717) is 0 Å². The number of piperidine rings is 1. The van der Waals surface area contributed by atoms with E-state index in [9.17, 15) is 13.2 Å². The first kappa shape index (κ1) is 13.0. The van der Waals surface area contributed by atoms with Gasteiger partial charge in [-0.05, 0) is 43.2 Å². The van der Waals surface area contributed by atoms with Gasteiger partial charge in [-0.25, -0.2) is 0 Å². The van der Waals surface area contributed by atoms with Crippen LogP contribution in [0.1, 0.15) is 30.4 Å². The number of rotatable bonds is 2. The number of hydrogen-bond donors (Lipinski definition) is 0. The van der Waals surface area contributed by atoms with Gasteiger partial charge < -0.3 is 4.90 Å². The zero-order chi connectivity index (χ0) is 13.0. The second kappa shape index (κ2) is 5.46. The smallest absolute Gasteiger partial charge is 0.377 e. The molecule has 0 aromatic heterocycles. The van der Waals surface area contributed by atoms with Crippen molar-refractivity contribution in [1.82, 2.24) is 4.90 Å². The first-order valence-electron chi connectivity index (χ1n) is 6.16. The van der Waals surface area contributed by atoms with Crippen LogP contribution in [0.15, 0.2) is 30.5 Å². The molecule has 18 heavy (non-hydrogen) atoms. The van der Waals surface area contributed by atoms with Crippen LogP contribution in [0, 0.1) is 0 Å². The number of likely N-dealkylation sites (tertiary alicyclic amines) is 1. The van der Waals surface area contributed by atoms with Crippen molar-refractivity contribution in [3.05, 3.63) is 41.6 Å². The summed E-state index contributed by atoms with van der Waals surface area (Å²) in [5, 5.41) is 0. The fourth-order valence-electron chi connectivity index (χ4n) is 2.15. The van der Waals surface area contributed by atoms with Crippen molar-refractivity contribution >= 4 is 6.08 Å². The van der Waals surface area contributed by atoms with Gasteiger partial charge in [0, 0.05) is 13.1 Å². The molecule has 1 aliphatic heterocycles. The fourth-order valence-corrected chi connectivity index (χ4v) is 2.15. The first-order chi connectivity index (χ1) is 8.57. The number of nitrogens with zero attached hydrogens (tertiary/aromatic N) is 1. The Balaban J connectivity index is 2.15. The predicted molar refractivity (Wildman–Crippen MR) is 65.9 cm³/mol. The van der Waals surface area contributed by atoms with Crippen LogP contribution in [0.3, 0.4) is 0 Å². The van der Waals surface area contributed by atoms with Gasteiger partial charge in [-0.3, -0.25) is 0 Å². The Bertz CT molecular complexity index is 417. The van der Waals surface area contributed by atoms with Gasteiger partial charge in [0.15, 0.2) is 0 Å². The zero-order valence-electron chi connectivity index (χ0n) is 10.1. The number of alkyl halides is 3. The molecule has 1 aromatic rings. The van der Waals surface area contributed by atoms with Gasteiger partial charge in [0.1, 0.15) is 0 Å². The molecule has 0 atom stereocenters. The van der Waals surface area contributed by atoms with Crippen molar-refractivity contribution in [3.63, 3.8) is 0 Å². The molecule has 0 amide bonds. The van der Waals surface area contributed by atoms with Gasteiger partial charge >= 0.3 is 6.18 Å². The summed E-state index contributed by atoms with van der Waals surface area (Å²) in [5.41, 5.74) is -0.339. The van der Waals surface area contributed by atoms with Gasteiger partial charge in [0.2, 0.25) is 0 Å². The first-order valence-corrected chi connectivity index (χ1v) is 6.16. The summed E-state index contributed by atoms with van der Waals surface area (Å²) in [6, 6.07) is 5.67. The summed E-state index contributed by atoms with van der Waals surface area (Å²) in [4.78, 5) is 2.08. The van der Waals surface area contributed by atoms with Crippen LogP contribution in [0.4, 0.5) is 13.2 Å². The lowest BCUT2D eigenvalue weighted by molar-refractivity contribution is -0.137. The maximum atomic E-state index is 12.8.